The minimum absolute atomic E-state index is 0.00799. The van der Waals surface area contributed by atoms with Crippen LogP contribution in [0.15, 0.2) is 94.3 Å². The highest BCUT2D eigenvalue weighted by Crippen LogP contribution is 2.24. The number of halogens is 2. The molecule has 3 aromatic rings. The zero-order valence-corrected chi connectivity index (χ0v) is 23.5. The number of amides is 1. The van der Waals surface area contributed by atoms with Crippen molar-refractivity contribution in [3.63, 3.8) is 0 Å². The molecule has 0 unspecified atom stereocenters. The minimum Gasteiger partial charge on any atom is -0.339 e. The molecule has 194 valence electrons. The van der Waals surface area contributed by atoms with Crippen molar-refractivity contribution in [3.8, 4) is 0 Å². The molecule has 4 rings (SSSR count). The third-order valence-electron chi connectivity index (χ3n) is 6.27. The summed E-state index contributed by atoms with van der Waals surface area (Å²) in [6.45, 7) is 3.12. The number of carbonyl (C=O) groups is 1. The lowest BCUT2D eigenvalue weighted by Crippen LogP contribution is -2.51. The van der Waals surface area contributed by atoms with E-state index in [9.17, 15) is 13.2 Å². The summed E-state index contributed by atoms with van der Waals surface area (Å²) in [5.74, 6) is -0.216. The van der Waals surface area contributed by atoms with E-state index in [4.69, 9.17) is 11.6 Å². The number of piperazine rings is 1. The third kappa shape index (κ3) is 7.52. The van der Waals surface area contributed by atoms with E-state index in [2.05, 4.69) is 45.1 Å². The van der Waals surface area contributed by atoms with Gasteiger partial charge in [0, 0.05) is 48.8 Å². The molecule has 1 aliphatic heterocycles. The summed E-state index contributed by atoms with van der Waals surface area (Å²) in [4.78, 5) is 17.4. The van der Waals surface area contributed by atoms with Gasteiger partial charge >= 0.3 is 0 Å². The molecule has 37 heavy (non-hydrogen) atoms. The van der Waals surface area contributed by atoms with Crippen LogP contribution in [0.2, 0.25) is 5.02 Å². The normalized spacial score (nSPS) is 14.9. The summed E-state index contributed by atoms with van der Waals surface area (Å²) in [6, 6.07) is 23.6. The first-order valence-electron chi connectivity index (χ1n) is 12.0. The van der Waals surface area contributed by atoms with Crippen LogP contribution in [0.3, 0.4) is 0 Å². The highest BCUT2D eigenvalue weighted by atomic mass is 79.9. The van der Waals surface area contributed by atoms with Gasteiger partial charge < -0.3 is 4.90 Å². The fourth-order valence-corrected chi connectivity index (χ4v) is 5.96. The summed E-state index contributed by atoms with van der Waals surface area (Å²) in [7, 11) is -3.93. The molecule has 1 saturated heterocycles. The monoisotopic (exact) mass is 601 g/mol. The summed E-state index contributed by atoms with van der Waals surface area (Å²) in [5, 5.41) is 0.461. The molecule has 0 N–H and O–H groups in total. The van der Waals surface area contributed by atoms with Crippen LogP contribution in [-0.4, -0.2) is 67.7 Å². The molecule has 1 heterocycles. The van der Waals surface area contributed by atoms with Gasteiger partial charge in [0.15, 0.2) is 0 Å². The van der Waals surface area contributed by atoms with E-state index in [1.165, 1.54) is 16.4 Å². The van der Waals surface area contributed by atoms with E-state index in [-0.39, 0.29) is 23.9 Å². The van der Waals surface area contributed by atoms with Crippen molar-refractivity contribution in [2.45, 2.75) is 11.4 Å². The van der Waals surface area contributed by atoms with E-state index in [0.717, 1.165) is 29.7 Å². The Bertz CT molecular complexity index is 1330. The molecule has 1 aliphatic rings. The second-order valence-electron chi connectivity index (χ2n) is 8.81. The van der Waals surface area contributed by atoms with E-state index in [1.54, 1.807) is 41.3 Å². The third-order valence-corrected chi connectivity index (χ3v) is 8.97. The SMILES string of the molecule is O=C(CN(Cc1ccccc1Cl)S(=O)(=O)c1ccc(Br)cc1)N1CCN(C/C=C/c2ccccc2)CC1. The quantitative estimate of drug-likeness (QED) is 0.340. The fraction of sp³-hybridized carbons (Fsp3) is 0.250. The minimum atomic E-state index is -3.93. The largest absolute Gasteiger partial charge is 0.339 e. The first-order valence-corrected chi connectivity index (χ1v) is 14.6. The van der Waals surface area contributed by atoms with Gasteiger partial charge in [-0.05, 0) is 41.5 Å². The molecule has 0 bridgehead atoms. The van der Waals surface area contributed by atoms with Gasteiger partial charge in [-0.2, -0.15) is 4.31 Å². The second-order valence-corrected chi connectivity index (χ2v) is 12.1. The van der Waals surface area contributed by atoms with E-state index >= 15 is 0 Å². The Balaban J connectivity index is 1.41. The van der Waals surface area contributed by atoms with Crippen LogP contribution in [0, 0.1) is 0 Å². The number of carbonyl (C=O) groups excluding carboxylic acids is 1. The van der Waals surface area contributed by atoms with Gasteiger partial charge in [-0.3, -0.25) is 9.69 Å². The predicted octanol–water partition coefficient (Wildman–Crippen LogP) is 5.15. The van der Waals surface area contributed by atoms with Crippen molar-refractivity contribution in [2.24, 2.45) is 0 Å². The highest BCUT2D eigenvalue weighted by molar-refractivity contribution is 9.10. The number of rotatable bonds is 9. The van der Waals surface area contributed by atoms with Gasteiger partial charge in [0.2, 0.25) is 15.9 Å². The summed E-state index contributed by atoms with van der Waals surface area (Å²) in [5.41, 5.74) is 1.80. The van der Waals surface area contributed by atoms with Gasteiger partial charge in [0.25, 0.3) is 0 Å². The average Bonchev–Trinajstić information content (AvgIpc) is 2.90. The molecule has 0 radical (unpaired) electrons. The van der Waals surface area contributed by atoms with E-state index < -0.39 is 10.0 Å². The number of benzene rings is 3. The molecule has 3 aromatic carbocycles. The lowest BCUT2D eigenvalue weighted by molar-refractivity contribution is -0.133. The Hall–Kier alpha value is -2.49. The Morgan fingerprint density at radius 2 is 1.57 bits per heavy atom. The Morgan fingerprint density at radius 3 is 2.24 bits per heavy atom. The van der Waals surface area contributed by atoms with Gasteiger partial charge in [0.05, 0.1) is 11.4 Å². The first kappa shape index (κ1) is 27.5. The van der Waals surface area contributed by atoms with Crippen LogP contribution in [0.25, 0.3) is 6.08 Å². The fourth-order valence-electron chi connectivity index (χ4n) is 4.13. The maximum Gasteiger partial charge on any atom is 0.243 e. The zero-order chi connectivity index (χ0) is 26.3. The van der Waals surface area contributed by atoms with Crippen LogP contribution in [0.1, 0.15) is 11.1 Å². The van der Waals surface area contributed by atoms with Crippen LogP contribution in [0.5, 0.6) is 0 Å². The van der Waals surface area contributed by atoms with Crippen molar-refractivity contribution in [3.05, 3.63) is 106 Å². The number of nitrogens with zero attached hydrogens (tertiary/aromatic N) is 3. The van der Waals surface area contributed by atoms with Gasteiger partial charge in [-0.25, -0.2) is 8.42 Å². The number of hydrogen-bond donors (Lipinski definition) is 0. The van der Waals surface area contributed by atoms with Crippen molar-refractivity contribution in [1.29, 1.82) is 0 Å². The standard InChI is InChI=1S/C28H29BrClN3O3S/c29-25-12-14-26(15-13-25)37(35,36)33(21-24-10-4-5-11-27(24)30)22-28(34)32-19-17-31(18-20-32)16-6-9-23-7-2-1-3-8-23/h1-15H,16-22H2/b9-6+. The van der Waals surface area contributed by atoms with Crippen molar-refractivity contribution >= 4 is 49.5 Å². The maximum atomic E-state index is 13.5. The van der Waals surface area contributed by atoms with Crippen LogP contribution < -0.4 is 0 Å². The molecular formula is C28H29BrClN3O3S. The predicted molar refractivity (Wildman–Crippen MR) is 152 cm³/mol. The summed E-state index contributed by atoms with van der Waals surface area (Å²) >= 11 is 9.68. The molecule has 0 spiro atoms. The van der Waals surface area contributed by atoms with E-state index in [1.807, 2.05) is 18.2 Å². The first-order chi connectivity index (χ1) is 17.8. The molecular weight excluding hydrogens is 574 g/mol. The lowest BCUT2D eigenvalue weighted by Gasteiger charge is -2.35. The Labute approximate surface area is 232 Å². The van der Waals surface area contributed by atoms with Crippen molar-refractivity contribution in [1.82, 2.24) is 14.1 Å². The molecule has 0 saturated carbocycles. The molecule has 1 fully saturated rings. The Kier molecular flexibility index (Phi) is 9.56. The maximum absolute atomic E-state index is 13.5. The van der Waals surface area contributed by atoms with E-state index in [0.29, 0.717) is 23.7 Å². The molecule has 0 aromatic heterocycles. The van der Waals surface area contributed by atoms with Crippen LogP contribution >= 0.6 is 27.5 Å². The van der Waals surface area contributed by atoms with Gasteiger partial charge in [-0.15, -0.1) is 0 Å². The van der Waals surface area contributed by atoms with Gasteiger partial charge in [-0.1, -0.05) is 88.2 Å². The topological polar surface area (TPSA) is 60.9 Å². The molecule has 1 amide bonds. The highest BCUT2D eigenvalue weighted by Gasteiger charge is 2.30. The number of hydrogen-bond acceptors (Lipinski definition) is 4. The second kappa shape index (κ2) is 12.8. The molecule has 9 heteroatoms. The van der Waals surface area contributed by atoms with Gasteiger partial charge in [0.1, 0.15) is 0 Å². The average molecular weight is 603 g/mol. The summed E-state index contributed by atoms with van der Waals surface area (Å²) in [6.07, 6.45) is 4.22. The molecule has 0 atom stereocenters. The molecule has 6 nitrogen and oxygen atoms in total. The number of sulfonamides is 1. The van der Waals surface area contributed by atoms with Crippen LogP contribution in [-0.2, 0) is 21.4 Å². The summed E-state index contributed by atoms with van der Waals surface area (Å²) < 4.78 is 29.1. The van der Waals surface area contributed by atoms with Crippen LogP contribution in [0.4, 0.5) is 0 Å². The van der Waals surface area contributed by atoms with Crippen molar-refractivity contribution < 1.29 is 13.2 Å². The lowest BCUT2D eigenvalue weighted by atomic mass is 10.2. The molecule has 0 aliphatic carbocycles. The Morgan fingerprint density at radius 1 is 0.919 bits per heavy atom. The zero-order valence-electron chi connectivity index (χ0n) is 20.3. The smallest absolute Gasteiger partial charge is 0.243 e. The van der Waals surface area contributed by atoms with Crippen molar-refractivity contribution in [2.75, 3.05) is 39.3 Å².